The Kier molecular flexibility index (Phi) is 4.56. The smallest absolute Gasteiger partial charge is 0.0718 e. The van der Waals surface area contributed by atoms with Crippen LogP contribution < -0.4 is 5.32 Å². The Morgan fingerprint density at radius 3 is 2.72 bits per heavy atom. The van der Waals surface area contributed by atoms with Gasteiger partial charge in [0.2, 0.25) is 0 Å². The Morgan fingerprint density at radius 1 is 1.22 bits per heavy atom. The highest BCUT2D eigenvalue weighted by molar-refractivity contribution is 6.33. The van der Waals surface area contributed by atoms with Crippen molar-refractivity contribution in [3.05, 3.63) is 58.9 Å². The summed E-state index contributed by atoms with van der Waals surface area (Å²) in [6, 6.07) is 9.93. The number of methoxy groups -OCH3 is 1. The van der Waals surface area contributed by atoms with Crippen molar-refractivity contribution in [3.63, 3.8) is 0 Å². The summed E-state index contributed by atoms with van der Waals surface area (Å²) in [6.45, 7) is 1.31. The van der Waals surface area contributed by atoms with E-state index in [1.54, 1.807) is 25.6 Å². The van der Waals surface area contributed by atoms with Crippen molar-refractivity contribution in [2.75, 3.05) is 12.4 Å². The van der Waals surface area contributed by atoms with Crippen LogP contribution in [0.25, 0.3) is 0 Å². The number of halogens is 1. The fourth-order valence-corrected chi connectivity index (χ4v) is 1.90. The molecule has 94 valence electrons. The average molecular weight is 263 g/mol. The molecule has 3 nitrogen and oxygen atoms in total. The van der Waals surface area contributed by atoms with Crippen molar-refractivity contribution in [2.45, 2.75) is 13.2 Å². The van der Waals surface area contributed by atoms with Crippen molar-refractivity contribution >= 4 is 17.3 Å². The molecule has 2 aromatic rings. The molecule has 1 aromatic heterocycles. The van der Waals surface area contributed by atoms with Gasteiger partial charge in [-0.15, -0.1) is 0 Å². The molecule has 0 spiro atoms. The van der Waals surface area contributed by atoms with Crippen LogP contribution in [0, 0.1) is 0 Å². The molecular weight excluding hydrogens is 248 g/mol. The zero-order valence-corrected chi connectivity index (χ0v) is 10.9. The van der Waals surface area contributed by atoms with E-state index in [9.17, 15) is 0 Å². The SMILES string of the molecule is COCc1ccccc1CNc1cnccc1Cl. The van der Waals surface area contributed by atoms with Gasteiger partial charge in [0.1, 0.15) is 0 Å². The highest BCUT2D eigenvalue weighted by atomic mass is 35.5. The Labute approximate surface area is 112 Å². The van der Waals surface area contributed by atoms with Gasteiger partial charge in [-0.3, -0.25) is 4.98 Å². The molecule has 1 N–H and O–H groups in total. The molecule has 0 saturated heterocycles. The van der Waals surface area contributed by atoms with Gasteiger partial charge in [0.25, 0.3) is 0 Å². The number of anilines is 1. The van der Waals surface area contributed by atoms with Gasteiger partial charge in [-0.2, -0.15) is 0 Å². The molecule has 0 amide bonds. The number of benzene rings is 1. The van der Waals surface area contributed by atoms with Crippen LogP contribution in [0.1, 0.15) is 11.1 Å². The monoisotopic (exact) mass is 262 g/mol. The van der Waals surface area contributed by atoms with E-state index in [1.807, 2.05) is 12.1 Å². The van der Waals surface area contributed by atoms with Crippen LogP contribution in [0.3, 0.4) is 0 Å². The van der Waals surface area contributed by atoms with Gasteiger partial charge in [-0.05, 0) is 17.2 Å². The van der Waals surface area contributed by atoms with Crippen molar-refractivity contribution in [2.24, 2.45) is 0 Å². The fraction of sp³-hybridized carbons (Fsp3) is 0.214. The van der Waals surface area contributed by atoms with E-state index in [4.69, 9.17) is 16.3 Å². The summed E-state index contributed by atoms with van der Waals surface area (Å²) in [5.41, 5.74) is 3.21. The van der Waals surface area contributed by atoms with E-state index in [0.717, 1.165) is 5.69 Å². The van der Waals surface area contributed by atoms with Crippen LogP contribution in [0.2, 0.25) is 5.02 Å². The number of hydrogen-bond acceptors (Lipinski definition) is 3. The Bertz CT molecular complexity index is 517. The molecule has 0 aliphatic heterocycles. The van der Waals surface area contributed by atoms with E-state index in [0.29, 0.717) is 18.2 Å². The van der Waals surface area contributed by atoms with Crippen molar-refractivity contribution in [1.29, 1.82) is 0 Å². The Balaban J connectivity index is 2.08. The minimum absolute atomic E-state index is 0.610. The molecule has 2 rings (SSSR count). The van der Waals surface area contributed by atoms with Gasteiger partial charge in [-0.1, -0.05) is 35.9 Å². The number of nitrogens with one attached hydrogen (secondary N) is 1. The molecule has 0 fully saturated rings. The standard InChI is InChI=1S/C14H15ClN2O/c1-18-10-12-5-3-2-4-11(12)8-17-14-9-16-7-6-13(14)15/h2-7,9,17H,8,10H2,1H3. The lowest BCUT2D eigenvalue weighted by Gasteiger charge is -2.11. The summed E-state index contributed by atoms with van der Waals surface area (Å²) in [6.07, 6.45) is 3.40. The van der Waals surface area contributed by atoms with Crippen LogP contribution >= 0.6 is 11.6 Å². The van der Waals surface area contributed by atoms with Crippen LogP contribution in [0.4, 0.5) is 5.69 Å². The van der Waals surface area contributed by atoms with Gasteiger partial charge in [0.05, 0.1) is 23.5 Å². The van der Waals surface area contributed by atoms with Crippen LogP contribution in [0.5, 0.6) is 0 Å². The minimum Gasteiger partial charge on any atom is -0.380 e. The van der Waals surface area contributed by atoms with Crippen molar-refractivity contribution < 1.29 is 4.74 Å². The maximum absolute atomic E-state index is 6.06. The Hall–Kier alpha value is -1.58. The molecule has 1 aromatic carbocycles. The van der Waals surface area contributed by atoms with Crippen LogP contribution in [-0.2, 0) is 17.9 Å². The zero-order chi connectivity index (χ0) is 12.8. The summed E-state index contributed by atoms with van der Waals surface area (Å²) in [5, 5.41) is 3.95. The quantitative estimate of drug-likeness (QED) is 0.896. The molecule has 4 heteroatoms. The summed E-state index contributed by atoms with van der Waals surface area (Å²) in [7, 11) is 1.70. The maximum Gasteiger partial charge on any atom is 0.0718 e. The Morgan fingerprint density at radius 2 is 2.00 bits per heavy atom. The summed E-state index contributed by atoms with van der Waals surface area (Å²) >= 11 is 6.06. The third-order valence-corrected chi connectivity index (χ3v) is 2.98. The number of pyridine rings is 1. The van der Waals surface area contributed by atoms with E-state index in [-0.39, 0.29) is 0 Å². The summed E-state index contributed by atoms with van der Waals surface area (Å²) < 4.78 is 5.18. The molecule has 0 unspecified atom stereocenters. The van der Waals surface area contributed by atoms with E-state index in [2.05, 4.69) is 22.4 Å². The van der Waals surface area contributed by atoms with Gasteiger partial charge < -0.3 is 10.1 Å². The highest BCUT2D eigenvalue weighted by Crippen LogP contribution is 2.20. The zero-order valence-electron chi connectivity index (χ0n) is 10.2. The molecule has 0 aliphatic carbocycles. The second-order valence-corrected chi connectivity index (χ2v) is 4.32. The molecule has 18 heavy (non-hydrogen) atoms. The average Bonchev–Trinajstić information content (AvgIpc) is 2.40. The van der Waals surface area contributed by atoms with Crippen molar-refractivity contribution in [3.8, 4) is 0 Å². The lowest BCUT2D eigenvalue weighted by molar-refractivity contribution is 0.184. The van der Waals surface area contributed by atoms with Gasteiger partial charge in [0, 0.05) is 19.9 Å². The second-order valence-electron chi connectivity index (χ2n) is 3.91. The molecule has 0 atom stereocenters. The summed E-state index contributed by atoms with van der Waals surface area (Å²) in [4.78, 5) is 4.04. The van der Waals surface area contributed by atoms with Gasteiger partial charge >= 0.3 is 0 Å². The van der Waals surface area contributed by atoms with E-state index >= 15 is 0 Å². The number of ether oxygens (including phenoxy) is 1. The van der Waals surface area contributed by atoms with Crippen LogP contribution in [-0.4, -0.2) is 12.1 Å². The first-order valence-electron chi connectivity index (χ1n) is 5.70. The third-order valence-electron chi connectivity index (χ3n) is 2.66. The molecular formula is C14H15ClN2O. The van der Waals surface area contributed by atoms with Crippen molar-refractivity contribution in [1.82, 2.24) is 4.98 Å². The third kappa shape index (κ3) is 3.22. The first-order valence-corrected chi connectivity index (χ1v) is 6.08. The highest BCUT2D eigenvalue weighted by Gasteiger charge is 2.03. The second kappa shape index (κ2) is 6.38. The first kappa shape index (κ1) is 12.9. The molecule has 1 heterocycles. The first-order chi connectivity index (χ1) is 8.81. The molecule has 0 radical (unpaired) electrons. The number of aromatic nitrogens is 1. The van der Waals surface area contributed by atoms with E-state index < -0.39 is 0 Å². The number of hydrogen-bond donors (Lipinski definition) is 1. The molecule has 0 saturated carbocycles. The minimum atomic E-state index is 0.610. The fourth-order valence-electron chi connectivity index (χ4n) is 1.72. The molecule has 0 bridgehead atoms. The number of nitrogens with zero attached hydrogens (tertiary/aromatic N) is 1. The van der Waals surface area contributed by atoms with Gasteiger partial charge in [0.15, 0.2) is 0 Å². The summed E-state index contributed by atoms with van der Waals surface area (Å²) in [5.74, 6) is 0. The maximum atomic E-state index is 6.06. The lowest BCUT2D eigenvalue weighted by atomic mass is 10.1. The van der Waals surface area contributed by atoms with Gasteiger partial charge in [-0.25, -0.2) is 0 Å². The normalized spacial score (nSPS) is 10.3. The van der Waals surface area contributed by atoms with E-state index in [1.165, 1.54) is 11.1 Å². The molecule has 0 aliphatic rings. The predicted octanol–water partition coefficient (Wildman–Crippen LogP) is 3.49. The lowest BCUT2D eigenvalue weighted by Crippen LogP contribution is -2.04. The topological polar surface area (TPSA) is 34.1 Å². The largest absolute Gasteiger partial charge is 0.380 e. The predicted molar refractivity (Wildman–Crippen MR) is 73.7 cm³/mol. The number of rotatable bonds is 5. The van der Waals surface area contributed by atoms with Crippen LogP contribution in [0.15, 0.2) is 42.7 Å².